The molecule has 0 aliphatic heterocycles. The highest BCUT2D eigenvalue weighted by atomic mass is 16.2. The minimum Gasteiger partial charge on any atom is -0.376 e. The zero-order chi connectivity index (χ0) is 16.8. The Hall–Kier alpha value is -2.57. The summed E-state index contributed by atoms with van der Waals surface area (Å²) < 4.78 is 0. The van der Waals surface area contributed by atoms with Crippen molar-refractivity contribution in [3.63, 3.8) is 0 Å². The molecule has 0 saturated heterocycles. The maximum atomic E-state index is 11.8. The van der Waals surface area contributed by atoms with Crippen molar-refractivity contribution in [1.82, 2.24) is 10.6 Å². The topological polar surface area (TPSA) is 113 Å². The van der Waals surface area contributed by atoms with Crippen LogP contribution in [-0.4, -0.2) is 30.4 Å². The second-order valence-corrected chi connectivity index (χ2v) is 5.75. The molecule has 124 valence electrons. The largest absolute Gasteiger partial charge is 0.376 e. The van der Waals surface area contributed by atoms with Gasteiger partial charge in [0, 0.05) is 17.3 Å². The Balaban J connectivity index is 1.79. The number of aryl methyl sites for hydroxylation is 1. The second kappa shape index (κ2) is 7.62. The van der Waals surface area contributed by atoms with Gasteiger partial charge in [-0.05, 0) is 43.5 Å². The molecule has 4 amide bonds. The van der Waals surface area contributed by atoms with Gasteiger partial charge >= 0.3 is 6.03 Å². The number of nitrogens with one attached hydrogen (secondary N) is 3. The molecule has 0 atom stereocenters. The number of benzene rings is 1. The molecular weight excluding hydrogens is 296 g/mol. The van der Waals surface area contributed by atoms with Gasteiger partial charge in [-0.15, -0.1) is 0 Å². The molecule has 5 N–H and O–H groups in total. The number of urea groups is 1. The first-order valence-corrected chi connectivity index (χ1v) is 7.70. The summed E-state index contributed by atoms with van der Waals surface area (Å²) in [5.41, 5.74) is 7.12. The number of hydrogen-bond acceptors (Lipinski definition) is 4. The van der Waals surface area contributed by atoms with Crippen LogP contribution >= 0.6 is 0 Å². The van der Waals surface area contributed by atoms with Crippen LogP contribution in [0.4, 0.5) is 10.5 Å². The molecule has 0 spiro atoms. The van der Waals surface area contributed by atoms with E-state index in [-0.39, 0.29) is 12.6 Å². The fraction of sp³-hybridized carbons (Fsp3) is 0.438. The Kier molecular flexibility index (Phi) is 5.56. The molecule has 2 rings (SSSR count). The number of amides is 4. The quantitative estimate of drug-likeness (QED) is 0.654. The van der Waals surface area contributed by atoms with Gasteiger partial charge in [0.25, 0.3) is 0 Å². The lowest BCUT2D eigenvalue weighted by Crippen LogP contribution is -2.45. The summed E-state index contributed by atoms with van der Waals surface area (Å²) in [6, 6.07) is 4.63. The van der Waals surface area contributed by atoms with Crippen LogP contribution < -0.4 is 21.7 Å². The van der Waals surface area contributed by atoms with Gasteiger partial charge < -0.3 is 16.4 Å². The highest BCUT2D eigenvalue weighted by molar-refractivity contribution is 5.96. The highest BCUT2D eigenvalue weighted by Gasteiger charge is 2.18. The molecule has 0 radical (unpaired) electrons. The van der Waals surface area contributed by atoms with E-state index in [1.807, 2.05) is 0 Å². The molecule has 7 nitrogen and oxygen atoms in total. The van der Waals surface area contributed by atoms with Crippen LogP contribution in [0.2, 0.25) is 0 Å². The van der Waals surface area contributed by atoms with E-state index < -0.39 is 17.8 Å². The minimum absolute atomic E-state index is 0.0329. The Morgan fingerprint density at radius 1 is 1.22 bits per heavy atom. The number of hydrogen-bond donors (Lipinski definition) is 4. The average molecular weight is 318 g/mol. The molecule has 1 aliphatic rings. The van der Waals surface area contributed by atoms with Crippen molar-refractivity contribution in [2.75, 3.05) is 11.9 Å². The molecule has 0 unspecified atom stereocenters. The summed E-state index contributed by atoms with van der Waals surface area (Å²) in [4.78, 5) is 34.6. The molecule has 1 aromatic rings. The summed E-state index contributed by atoms with van der Waals surface area (Å²) in [6.45, 7) is 1.77. The van der Waals surface area contributed by atoms with Crippen LogP contribution in [0.3, 0.4) is 0 Å². The van der Waals surface area contributed by atoms with Crippen molar-refractivity contribution < 1.29 is 14.4 Å². The standard InChI is InChI=1S/C16H22N4O3/c1-10-8-11(15(17)22)6-7-13(10)18-9-14(21)20-16(23)19-12-4-2-3-5-12/h6-8,12,18H,2-5,9H2,1H3,(H2,17,22)(H2,19,20,21,23). The number of carbonyl (C=O) groups is 3. The first kappa shape index (κ1) is 16.8. The molecule has 23 heavy (non-hydrogen) atoms. The van der Waals surface area contributed by atoms with Gasteiger partial charge in [-0.25, -0.2) is 4.79 Å². The smallest absolute Gasteiger partial charge is 0.321 e. The molecule has 1 aromatic carbocycles. The molecule has 0 bridgehead atoms. The van der Waals surface area contributed by atoms with E-state index in [1.165, 1.54) is 0 Å². The zero-order valence-corrected chi connectivity index (χ0v) is 13.1. The molecule has 7 heteroatoms. The van der Waals surface area contributed by atoms with Gasteiger partial charge in [-0.3, -0.25) is 14.9 Å². The fourth-order valence-corrected chi connectivity index (χ4v) is 2.65. The number of primary amides is 1. The van der Waals surface area contributed by atoms with E-state index in [4.69, 9.17) is 5.73 Å². The lowest BCUT2D eigenvalue weighted by Gasteiger charge is -2.13. The first-order chi connectivity index (χ1) is 11.0. The predicted octanol–water partition coefficient (Wildman–Crippen LogP) is 1.27. The third kappa shape index (κ3) is 4.98. The van der Waals surface area contributed by atoms with Gasteiger partial charge in [0.05, 0.1) is 6.54 Å². The van der Waals surface area contributed by atoms with Crippen LogP contribution in [-0.2, 0) is 4.79 Å². The number of carbonyl (C=O) groups excluding carboxylic acids is 3. The Morgan fingerprint density at radius 3 is 2.52 bits per heavy atom. The summed E-state index contributed by atoms with van der Waals surface area (Å²) in [7, 11) is 0. The van der Waals surface area contributed by atoms with Crippen LogP contribution in [0.25, 0.3) is 0 Å². The van der Waals surface area contributed by atoms with E-state index in [0.717, 1.165) is 31.2 Å². The van der Waals surface area contributed by atoms with Gasteiger partial charge in [-0.1, -0.05) is 12.8 Å². The monoisotopic (exact) mass is 318 g/mol. The Labute approximate surface area is 135 Å². The number of rotatable bonds is 5. The van der Waals surface area contributed by atoms with Crippen molar-refractivity contribution >= 4 is 23.5 Å². The zero-order valence-electron chi connectivity index (χ0n) is 13.1. The van der Waals surface area contributed by atoms with E-state index in [9.17, 15) is 14.4 Å². The third-order valence-electron chi connectivity index (χ3n) is 3.89. The van der Waals surface area contributed by atoms with Crippen molar-refractivity contribution in [1.29, 1.82) is 0 Å². The van der Waals surface area contributed by atoms with Crippen LogP contribution in [0.5, 0.6) is 0 Å². The second-order valence-electron chi connectivity index (χ2n) is 5.75. The summed E-state index contributed by atoms with van der Waals surface area (Å²) in [6.07, 6.45) is 4.15. The number of imide groups is 1. The van der Waals surface area contributed by atoms with E-state index >= 15 is 0 Å². The van der Waals surface area contributed by atoms with E-state index in [1.54, 1.807) is 25.1 Å². The van der Waals surface area contributed by atoms with Crippen molar-refractivity contribution in [3.05, 3.63) is 29.3 Å². The number of anilines is 1. The number of nitrogens with two attached hydrogens (primary N) is 1. The average Bonchev–Trinajstić information content (AvgIpc) is 2.98. The first-order valence-electron chi connectivity index (χ1n) is 7.70. The van der Waals surface area contributed by atoms with E-state index in [2.05, 4.69) is 16.0 Å². The van der Waals surface area contributed by atoms with Crippen LogP contribution in [0, 0.1) is 6.92 Å². The Morgan fingerprint density at radius 2 is 1.91 bits per heavy atom. The fourth-order valence-electron chi connectivity index (χ4n) is 2.65. The molecular formula is C16H22N4O3. The van der Waals surface area contributed by atoms with Gasteiger partial charge in [0.15, 0.2) is 0 Å². The highest BCUT2D eigenvalue weighted by Crippen LogP contribution is 2.17. The lowest BCUT2D eigenvalue weighted by atomic mass is 10.1. The summed E-state index contributed by atoms with van der Waals surface area (Å²) in [5, 5.41) is 8.02. The van der Waals surface area contributed by atoms with Crippen molar-refractivity contribution in [3.8, 4) is 0 Å². The van der Waals surface area contributed by atoms with Gasteiger partial charge in [0.2, 0.25) is 11.8 Å². The maximum Gasteiger partial charge on any atom is 0.321 e. The lowest BCUT2D eigenvalue weighted by molar-refractivity contribution is -0.118. The molecule has 1 aliphatic carbocycles. The molecule has 1 fully saturated rings. The minimum atomic E-state index is -0.499. The van der Waals surface area contributed by atoms with Crippen LogP contribution in [0.1, 0.15) is 41.6 Å². The molecule has 1 saturated carbocycles. The van der Waals surface area contributed by atoms with Gasteiger partial charge in [0.1, 0.15) is 0 Å². The third-order valence-corrected chi connectivity index (χ3v) is 3.89. The van der Waals surface area contributed by atoms with Crippen molar-refractivity contribution in [2.24, 2.45) is 5.73 Å². The predicted molar refractivity (Wildman–Crippen MR) is 87.1 cm³/mol. The normalized spacial score (nSPS) is 14.3. The van der Waals surface area contributed by atoms with E-state index in [0.29, 0.717) is 11.3 Å². The van der Waals surface area contributed by atoms with Crippen LogP contribution in [0.15, 0.2) is 18.2 Å². The Bertz CT molecular complexity index is 609. The summed E-state index contributed by atoms with van der Waals surface area (Å²) in [5.74, 6) is -0.917. The maximum absolute atomic E-state index is 11.8. The molecule has 0 heterocycles. The SMILES string of the molecule is Cc1cc(C(N)=O)ccc1NCC(=O)NC(=O)NC1CCCC1. The molecule has 0 aromatic heterocycles. The van der Waals surface area contributed by atoms with Gasteiger partial charge in [-0.2, -0.15) is 0 Å². The summed E-state index contributed by atoms with van der Waals surface area (Å²) >= 11 is 0. The van der Waals surface area contributed by atoms with Crippen molar-refractivity contribution in [2.45, 2.75) is 38.6 Å².